The van der Waals surface area contributed by atoms with Crippen molar-refractivity contribution in [1.82, 2.24) is 13.9 Å². The van der Waals surface area contributed by atoms with Crippen molar-refractivity contribution < 1.29 is 19.4 Å². The van der Waals surface area contributed by atoms with Crippen LogP contribution in [0.15, 0.2) is 81.4 Å². The summed E-state index contributed by atoms with van der Waals surface area (Å²) in [6.45, 7) is 3.50. The topological polar surface area (TPSA) is 113 Å². The van der Waals surface area contributed by atoms with Crippen LogP contribution in [0.4, 0.5) is 0 Å². The van der Waals surface area contributed by atoms with Crippen LogP contribution in [0.2, 0.25) is 0 Å². The number of carbonyl (C=O) groups excluding carboxylic acids is 2. The fourth-order valence-corrected chi connectivity index (χ4v) is 6.58. The highest BCUT2D eigenvalue weighted by atomic mass is 16.5. The van der Waals surface area contributed by atoms with E-state index >= 15 is 0 Å². The van der Waals surface area contributed by atoms with Crippen LogP contribution in [0.3, 0.4) is 0 Å². The molecule has 0 bridgehead atoms. The SMILES string of the molecule is COc1ccc(O)c([C@H]2C3=CCn4c(=O)n(-c5ccccc5)c(=O)n4[C@@H]3C[C@H]3C(=O)C(C)=CC(=O)[C@@]23C)c1. The molecule has 1 saturated carbocycles. The van der Waals surface area contributed by atoms with Crippen LogP contribution < -0.4 is 16.1 Å². The molecule has 2 heterocycles. The van der Waals surface area contributed by atoms with Gasteiger partial charge in [0.1, 0.15) is 11.5 Å². The Hall–Kier alpha value is -4.40. The smallest absolute Gasteiger partial charge is 0.352 e. The number of ketones is 2. The zero-order valence-corrected chi connectivity index (χ0v) is 21.2. The van der Waals surface area contributed by atoms with Gasteiger partial charge in [-0.3, -0.25) is 9.59 Å². The van der Waals surface area contributed by atoms with Gasteiger partial charge in [0.2, 0.25) is 0 Å². The molecule has 194 valence electrons. The maximum atomic E-state index is 13.8. The second-order valence-electron chi connectivity index (χ2n) is 10.4. The van der Waals surface area contributed by atoms with E-state index in [4.69, 9.17) is 4.74 Å². The lowest BCUT2D eigenvalue weighted by molar-refractivity contribution is -0.139. The van der Waals surface area contributed by atoms with Crippen LogP contribution in [0.5, 0.6) is 11.5 Å². The van der Waals surface area contributed by atoms with Gasteiger partial charge in [-0.25, -0.2) is 23.5 Å². The molecule has 0 spiro atoms. The molecule has 6 rings (SSSR count). The second-order valence-corrected chi connectivity index (χ2v) is 10.4. The average molecular weight is 514 g/mol. The van der Waals surface area contributed by atoms with Gasteiger partial charge in [-0.05, 0) is 60.9 Å². The van der Waals surface area contributed by atoms with Crippen molar-refractivity contribution in [3.05, 3.63) is 98.4 Å². The van der Waals surface area contributed by atoms with E-state index in [-0.39, 0.29) is 30.3 Å². The molecule has 9 nitrogen and oxygen atoms in total. The van der Waals surface area contributed by atoms with Gasteiger partial charge in [0.25, 0.3) is 0 Å². The third kappa shape index (κ3) is 3.11. The van der Waals surface area contributed by atoms with Crippen molar-refractivity contribution in [2.24, 2.45) is 11.3 Å². The Bertz CT molecular complexity index is 1690. The highest BCUT2D eigenvalue weighted by molar-refractivity contribution is 6.13. The van der Waals surface area contributed by atoms with Crippen molar-refractivity contribution in [1.29, 1.82) is 0 Å². The van der Waals surface area contributed by atoms with Gasteiger partial charge >= 0.3 is 11.4 Å². The summed E-state index contributed by atoms with van der Waals surface area (Å²) >= 11 is 0. The molecule has 3 aromatic rings. The molecule has 38 heavy (non-hydrogen) atoms. The molecule has 4 atom stereocenters. The third-order valence-electron chi connectivity index (χ3n) is 8.50. The van der Waals surface area contributed by atoms with Crippen molar-refractivity contribution >= 4 is 11.6 Å². The minimum atomic E-state index is -1.20. The van der Waals surface area contributed by atoms with E-state index in [9.17, 15) is 24.3 Å². The number of allylic oxidation sites excluding steroid dienone is 4. The van der Waals surface area contributed by atoms with Crippen LogP contribution in [-0.2, 0) is 16.1 Å². The van der Waals surface area contributed by atoms with Gasteiger partial charge in [0.05, 0.1) is 30.8 Å². The van der Waals surface area contributed by atoms with E-state index in [2.05, 4.69) is 0 Å². The van der Waals surface area contributed by atoms with Crippen molar-refractivity contribution in [3.63, 3.8) is 0 Å². The number of nitrogens with zero attached hydrogens (tertiary/aromatic N) is 3. The summed E-state index contributed by atoms with van der Waals surface area (Å²) in [4.78, 5) is 54.5. The van der Waals surface area contributed by atoms with Crippen LogP contribution >= 0.6 is 0 Å². The van der Waals surface area contributed by atoms with Gasteiger partial charge in [0, 0.05) is 17.4 Å². The molecule has 1 N–H and O–H groups in total. The summed E-state index contributed by atoms with van der Waals surface area (Å²) in [5.41, 5.74) is -0.230. The summed E-state index contributed by atoms with van der Waals surface area (Å²) in [6, 6.07) is 12.8. The third-order valence-corrected chi connectivity index (χ3v) is 8.50. The lowest BCUT2D eigenvalue weighted by atomic mass is 9.51. The van der Waals surface area contributed by atoms with E-state index in [0.717, 1.165) is 4.57 Å². The maximum Gasteiger partial charge on any atom is 0.352 e. The van der Waals surface area contributed by atoms with Gasteiger partial charge < -0.3 is 9.84 Å². The number of carbonyl (C=O) groups is 2. The average Bonchev–Trinajstić information content (AvgIpc) is 3.17. The highest BCUT2D eigenvalue weighted by Crippen LogP contribution is 2.60. The molecular weight excluding hydrogens is 486 g/mol. The van der Waals surface area contributed by atoms with Gasteiger partial charge in [-0.2, -0.15) is 0 Å². The lowest BCUT2D eigenvalue weighted by Gasteiger charge is -2.52. The Morgan fingerprint density at radius 2 is 1.76 bits per heavy atom. The number of fused-ring (bicyclic) bond motifs is 4. The molecular formula is C29H27N3O6. The largest absolute Gasteiger partial charge is 0.508 e. The van der Waals surface area contributed by atoms with E-state index in [1.807, 2.05) is 6.08 Å². The lowest BCUT2D eigenvalue weighted by Crippen LogP contribution is -2.54. The molecule has 2 aliphatic carbocycles. The quantitative estimate of drug-likeness (QED) is 0.539. The number of benzene rings is 2. The summed E-state index contributed by atoms with van der Waals surface area (Å²) < 4.78 is 9.34. The number of Topliss-reactive ketones (excluding diaryl/α,β-unsaturated/α-hetero) is 1. The van der Waals surface area contributed by atoms with E-state index < -0.39 is 34.7 Å². The number of aromatic hydroxyl groups is 1. The van der Waals surface area contributed by atoms with Crippen LogP contribution in [0.1, 0.15) is 37.8 Å². The molecule has 1 aromatic heterocycles. The first-order chi connectivity index (χ1) is 18.2. The predicted molar refractivity (Wildman–Crippen MR) is 139 cm³/mol. The molecule has 1 aliphatic heterocycles. The molecule has 9 heteroatoms. The molecule has 3 aliphatic rings. The Labute approximate surface area is 217 Å². The number of phenols is 1. The first-order valence-electron chi connectivity index (χ1n) is 12.5. The standard InChI is InChI=1S/C29H27N3O6/c1-16-13-24(34)29(2)21(26(16)35)15-22-19(25(29)20-14-18(38-3)9-10-23(20)33)11-12-30-27(36)31(28(37)32(22)30)17-7-5-4-6-8-17/h4-11,13-14,21-22,25,33H,12,15H2,1-3H3/t21-,22+,25+,29-/m0/s1. The van der Waals surface area contributed by atoms with Gasteiger partial charge in [-0.1, -0.05) is 31.2 Å². The number of phenolic OH excluding ortho intramolecular Hbond substituents is 1. The minimum absolute atomic E-state index is 0.0407. The number of para-hydroxylation sites is 1. The molecule has 2 aromatic carbocycles. The molecule has 1 fully saturated rings. The number of ether oxygens (including phenoxy) is 1. The van der Waals surface area contributed by atoms with Crippen LogP contribution in [-0.4, -0.2) is 37.7 Å². The molecule has 0 radical (unpaired) electrons. The normalized spacial score (nSPS) is 26.1. The zero-order valence-electron chi connectivity index (χ0n) is 21.2. The fourth-order valence-electron chi connectivity index (χ4n) is 6.58. The van der Waals surface area contributed by atoms with E-state index in [1.165, 1.54) is 28.6 Å². The summed E-state index contributed by atoms with van der Waals surface area (Å²) in [6.07, 6.45) is 3.42. The fraction of sp³-hybridized carbons (Fsp3) is 0.310. The number of methoxy groups -OCH3 is 1. The zero-order chi connectivity index (χ0) is 26.9. The first-order valence-corrected chi connectivity index (χ1v) is 12.5. The van der Waals surface area contributed by atoms with Gasteiger partial charge in [0.15, 0.2) is 11.6 Å². The highest BCUT2D eigenvalue weighted by Gasteiger charge is 2.59. The Kier molecular flexibility index (Phi) is 5.24. The monoisotopic (exact) mass is 513 g/mol. The Morgan fingerprint density at radius 1 is 1.03 bits per heavy atom. The summed E-state index contributed by atoms with van der Waals surface area (Å²) in [7, 11) is 1.51. The van der Waals surface area contributed by atoms with Crippen LogP contribution in [0.25, 0.3) is 5.69 Å². The molecule has 0 saturated heterocycles. The van der Waals surface area contributed by atoms with Crippen molar-refractivity contribution in [3.8, 4) is 17.2 Å². The maximum absolute atomic E-state index is 13.8. The number of hydrogen-bond donors (Lipinski definition) is 1. The number of rotatable bonds is 3. The molecule has 0 unspecified atom stereocenters. The number of aromatic nitrogens is 3. The van der Waals surface area contributed by atoms with Crippen LogP contribution in [0, 0.1) is 11.3 Å². The summed E-state index contributed by atoms with van der Waals surface area (Å²) in [5.74, 6) is -1.41. The number of hydrogen-bond acceptors (Lipinski definition) is 6. The first kappa shape index (κ1) is 24.0. The predicted octanol–water partition coefficient (Wildman–Crippen LogP) is 2.90. The second kappa shape index (κ2) is 8.31. The van der Waals surface area contributed by atoms with E-state index in [1.54, 1.807) is 56.3 Å². The van der Waals surface area contributed by atoms with Crippen molar-refractivity contribution in [2.75, 3.05) is 7.11 Å². The van der Waals surface area contributed by atoms with Crippen molar-refractivity contribution in [2.45, 2.75) is 38.8 Å². The minimum Gasteiger partial charge on any atom is -0.508 e. The summed E-state index contributed by atoms with van der Waals surface area (Å²) in [5, 5.41) is 11.0. The van der Waals surface area contributed by atoms with Gasteiger partial charge in [-0.15, -0.1) is 0 Å². The van der Waals surface area contributed by atoms with E-state index in [0.29, 0.717) is 28.1 Å². The Morgan fingerprint density at radius 3 is 2.47 bits per heavy atom. The molecule has 0 amide bonds. The Balaban J connectivity index is 1.61.